The minimum Gasteiger partial charge on any atom is -0.456 e. The largest absolute Gasteiger partial charge is 0.456 e. The van der Waals surface area contributed by atoms with Crippen molar-refractivity contribution in [3.05, 3.63) is 182 Å². The molecule has 0 saturated carbocycles. The van der Waals surface area contributed by atoms with Crippen molar-refractivity contribution in [2.45, 2.75) is 0 Å². The number of hydrogen-bond acceptors (Lipinski definition) is 1. The van der Waals surface area contributed by atoms with Crippen LogP contribution < -0.4 is 0 Å². The number of nitrogens with zero attached hydrogens (tertiary/aromatic N) is 2. The fourth-order valence-electron chi connectivity index (χ4n) is 8.14. The number of rotatable bonds is 4. The predicted molar refractivity (Wildman–Crippen MR) is 213 cm³/mol. The van der Waals surface area contributed by atoms with E-state index in [1.54, 1.807) is 0 Å². The second kappa shape index (κ2) is 10.8. The average molecular weight is 651 g/mol. The Kier molecular flexibility index (Phi) is 5.96. The quantitative estimate of drug-likeness (QED) is 0.186. The number of furan rings is 1. The number of hydrogen-bond donors (Lipinski definition) is 0. The van der Waals surface area contributed by atoms with Crippen molar-refractivity contribution in [2.24, 2.45) is 0 Å². The number of aromatic nitrogens is 2. The Labute approximate surface area is 293 Å². The Balaban J connectivity index is 1.17. The van der Waals surface area contributed by atoms with E-state index in [-0.39, 0.29) is 0 Å². The highest BCUT2D eigenvalue weighted by molar-refractivity contribution is 6.22. The molecular formula is C48H30N2O. The zero-order chi connectivity index (χ0) is 33.5. The molecule has 11 rings (SSSR count). The summed E-state index contributed by atoms with van der Waals surface area (Å²) in [5.74, 6) is 0. The highest BCUT2D eigenvalue weighted by Crippen LogP contribution is 2.42. The lowest BCUT2D eigenvalue weighted by Gasteiger charge is -2.12. The molecule has 0 amide bonds. The summed E-state index contributed by atoms with van der Waals surface area (Å²) in [6.07, 6.45) is 0. The Morgan fingerprint density at radius 2 is 0.824 bits per heavy atom. The molecule has 0 bridgehead atoms. The van der Waals surface area contributed by atoms with Crippen LogP contribution in [0.2, 0.25) is 0 Å². The molecule has 11 aromatic rings. The Hall–Kier alpha value is -6.84. The van der Waals surface area contributed by atoms with E-state index in [2.05, 4.69) is 185 Å². The fourth-order valence-corrected chi connectivity index (χ4v) is 8.14. The van der Waals surface area contributed by atoms with Crippen molar-refractivity contribution < 1.29 is 4.42 Å². The molecule has 0 N–H and O–H groups in total. The topological polar surface area (TPSA) is 23.0 Å². The maximum absolute atomic E-state index is 6.41. The summed E-state index contributed by atoms with van der Waals surface area (Å²) in [5.41, 5.74) is 13.6. The molecule has 3 nitrogen and oxygen atoms in total. The average Bonchev–Trinajstić information content (AvgIpc) is 3.83. The molecule has 0 unspecified atom stereocenters. The Morgan fingerprint density at radius 3 is 1.63 bits per heavy atom. The third kappa shape index (κ3) is 4.25. The molecule has 0 atom stereocenters. The molecule has 0 aliphatic carbocycles. The first-order valence-electron chi connectivity index (χ1n) is 17.4. The van der Waals surface area contributed by atoms with Gasteiger partial charge in [-0.2, -0.15) is 0 Å². The molecule has 3 heteroatoms. The SMILES string of the molecule is c1ccc(-c2ccc(-c3cccc(-n4c5ccccc5c5cc6c7cc8oc9ccccc9c8cc7n(-c7ccccc7)c6cc54)c3)cc2)cc1. The summed E-state index contributed by atoms with van der Waals surface area (Å²) in [5, 5.41) is 7.12. The summed E-state index contributed by atoms with van der Waals surface area (Å²) in [7, 11) is 0. The minimum atomic E-state index is 0.909. The monoisotopic (exact) mass is 650 g/mol. The molecule has 0 aliphatic rings. The normalized spacial score (nSPS) is 11.9. The molecule has 3 heterocycles. The van der Waals surface area contributed by atoms with Crippen LogP contribution in [0.25, 0.3) is 99.2 Å². The van der Waals surface area contributed by atoms with Gasteiger partial charge in [-0.3, -0.25) is 0 Å². The van der Waals surface area contributed by atoms with Gasteiger partial charge in [-0.05, 0) is 82.9 Å². The summed E-state index contributed by atoms with van der Waals surface area (Å²) in [6, 6.07) is 65.5. The second-order valence-corrected chi connectivity index (χ2v) is 13.4. The van der Waals surface area contributed by atoms with Crippen molar-refractivity contribution in [1.29, 1.82) is 0 Å². The van der Waals surface area contributed by atoms with E-state index in [9.17, 15) is 0 Å². The number of para-hydroxylation sites is 3. The van der Waals surface area contributed by atoms with Gasteiger partial charge in [-0.1, -0.05) is 121 Å². The van der Waals surface area contributed by atoms with Crippen molar-refractivity contribution in [3.8, 4) is 33.6 Å². The van der Waals surface area contributed by atoms with Gasteiger partial charge in [-0.25, -0.2) is 0 Å². The van der Waals surface area contributed by atoms with Gasteiger partial charge in [0.15, 0.2) is 0 Å². The highest BCUT2D eigenvalue weighted by atomic mass is 16.3. The van der Waals surface area contributed by atoms with Crippen LogP contribution in [0.4, 0.5) is 0 Å². The molecule has 8 aromatic carbocycles. The van der Waals surface area contributed by atoms with Gasteiger partial charge in [0.05, 0.1) is 22.1 Å². The number of fused-ring (bicyclic) bond motifs is 9. The summed E-state index contributed by atoms with van der Waals surface area (Å²) < 4.78 is 11.3. The van der Waals surface area contributed by atoms with Crippen LogP contribution in [0.5, 0.6) is 0 Å². The first-order valence-corrected chi connectivity index (χ1v) is 17.4. The van der Waals surface area contributed by atoms with E-state index in [0.717, 1.165) is 38.8 Å². The molecule has 0 fully saturated rings. The lowest BCUT2D eigenvalue weighted by atomic mass is 10.00. The highest BCUT2D eigenvalue weighted by Gasteiger charge is 2.20. The van der Waals surface area contributed by atoms with E-state index in [4.69, 9.17) is 4.42 Å². The Bertz CT molecular complexity index is 3110. The van der Waals surface area contributed by atoms with E-state index in [1.807, 2.05) is 6.07 Å². The van der Waals surface area contributed by atoms with Gasteiger partial charge in [0, 0.05) is 43.7 Å². The molecule has 238 valence electrons. The maximum atomic E-state index is 6.41. The van der Waals surface area contributed by atoms with Crippen molar-refractivity contribution in [2.75, 3.05) is 0 Å². The molecule has 3 aromatic heterocycles. The van der Waals surface area contributed by atoms with Crippen LogP contribution in [0, 0.1) is 0 Å². The van der Waals surface area contributed by atoms with E-state index >= 15 is 0 Å². The maximum Gasteiger partial charge on any atom is 0.136 e. The zero-order valence-corrected chi connectivity index (χ0v) is 27.6. The minimum absolute atomic E-state index is 0.909. The molecule has 0 radical (unpaired) electrons. The third-order valence-corrected chi connectivity index (χ3v) is 10.5. The molecule has 51 heavy (non-hydrogen) atoms. The van der Waals surface area contributed by atoms with Gasteiger partial charge in [0.25, 0.3) is 0 Å². The van der Waals surface area contributed by atoms with Gasteiger partial charge in [0.1, 0.15) is 11.2 Å². The molecule has 0 saturated heterocycles. The Morgan fingerprint density at radius 1 is 0.275 bits per heavy atom. The fraction of sp³-hybridized carbons (Fsp3) is 0. The predicted octanol–water partition coefficient (Wildman–Crippen LogP) is 13.1. The van der Waals surface area contributed by atoms with Crippen LogP contribution in [0.3, 0.4) is 0 Å². The van der Waals surface area contributed by atoms with Crippen molar-refractivity contribution >= 4 is 65.6 Å². The van der Waals surface area contributed by atoms with E-state index in [0.29, 0.717) is 0 Å². The summed E-state index contributed by atoms with van der Waals surface area (Å²) in [4.78, 5) is 0. The summed E-state index contributed by atoms with van der Waals surface area (Å²) in [6.45, 7) is 0. The standard InChI is InChI=1S/C48H30N2O/c1-3-12-31(13-4-1)32-22-24-33(25-23-32)34-14-11-17-36(26-34)50-43-20-9-7-18-37(43)39-27-40-41-29-48-42(38-19-8-10-21-47(38)51-48)28-44(41)49(46(40)30-45(39)50)35-15-5-2-6-16-35/h1-30H. The summed E-state index contributed by atoms with van der Waals surface area (Å²) >= 11 is 0. The number of benzene rings is 8. The van der Waals surface area contributed by atoms with Gasteiger partial charge < -0.3 is 13.6 Å². The lowest BCUT2D eigenvalue weighted by molar-refractivity contribution is 0.669. The lowest BCUT2D eigenvalue weighted by Crippen LogP contribution is -1.96. The van der Waals surface area contributed by atoms with Gasteiger partial charge in [0.2, 0.25) is 0 Å². The van der Waals surface area contributed by atoms with Crippen LogP contribution in [-0.2, 0) is 0 Å². The van der Waals surface area contributed by atoms with E-state index in [1.165, 1.54) is 60.3 Å². The van der Waals surface area contributed by atoms with Crippen LogP contribution in [0.1, 0.15) is 0 Å². The smallest absolute Gasteiger partial charge is 0.136 e. The third-order valence-electron chi connectivity index (χ3n) is 10.5. The van der Waals surface area contributed by atoms with Crippen molar-refractivity contribution in [1.82, 2.24) is 9.13 Å². The molecule has 0 spiro atoms. The van der Waals surface area contributed by atoms with Crippen LogP contribution in [0.15, 0.2) is 186 Å². The van der Waals surface area contributed by atoms with Gasteiger partial charge >= 0.3 is 0 Å². The zero-order valence-electron chi connectivity index (χ0n) is 27.6. The molecule has 0 aliphatic heterocycles. The second-order valence-electron chi connectivity index (χ2n) is 13.4. The van der Waals surface area contributed by atoms with Crippen LogP contribution in [-0.4, -0.2) is 9.13 Å². The first-order chi connectivity index (χ1) is 25.3. The van der Waals surface area contributed by atoms with Crippen LogP contribution >= 0.6 is 0 Å². The van der Waals surface area contributed by atoms with Crippen molar-refractivity contribution in [3.63, 3.8) is 0 Å². The van der Waals surface area contributed by atoms with Gasteiger partial charge in [-0.15, -0.1) is 0 Å². The van der Waals surface area contributed by atoms with E-state index < -0.39 is 0 Å². The molecular weight excluding hydrogens is 621 g/mol. The first kappa shape index (κ1) is 28.0.